The first-order chi connectivity index (χ1) is 15.7. The Morgan fingerprint density at radius 2 is 1.97 bits per heavy atom. The van der Waals surface area contributed by atoms with E-state index in [0.29, 0.717) is 19.0 Å². The van der Waals surface area contributed by atoms with Gasteiger partial charge in [0, 0.05) is 25.7 Å². The van der Waals surface area contributed by atoms with Gasteiger partial charge in [0.15, 0.2) is 10.7 Å². The highest BCUT2D eigenvalue weighted by Crippen LogP contribution is 2.54. The molecule has 33 heavy (non-hydrogen) atoms. The third-order valence-electron chi connectivity index (χ3n) is 7.33. The van der Waals surface area contributed by atoms with Crippen molar-refractivity contribution in [1.82, 2.24) is 9.88 Å². The molecule has 2 atom stereocenters. The molecule has 2 aliphatic heterocycles. The smallest absolute Gasteiger partial charge is 0.268 e. The maximum absolute atomic E-state index is 15.1. The molecule has 0 bridgehead atoms. The number of anilines is 2. The summed E-state index contributed by atoms with van der Waals surface area (Å²) in [4.78, 5) is 6.46. The van der Waals surface area contributed by atoms with Crippen LogP contribution in [0.2, 0.25) is 5.02 Å². The molecule has 2 aromatic rings. The zero-order valence-electron chi connectivity index (χ0n) is 17.8. The molecule has 178 valence electrons. The van der Waals surface area contributed by atoms with Crippen molar-refractivity contribution in [1.29, 1.82) is 0 Å². The Kier molecular flexibility index (Phi) is 5.73. The lowest BCUT2D eigenvalue weighted by Crippen LogP contribution is -2.51. The molecule has 0 radical (unpaired) electrons. The van der Waals surface area contributed by atoms with Crippen LogP contribution in [-0.2, 0) is 10.0 Å². The van der Waals surface area contributed by atoms with Crippen LogP contribution < -0.4 is 9.62 Å². The van der Waals surface area contributed by atoms with Crippen molar-refractivity contribution >= 4 is 33.1 Å². The molecule has 3 fully saturated rings. The van der Waals surface area contributed by atoms with Crippen LogP contribution in [0.4, 0.5) is 24.7 Å². The number of hydrogen-bond acceptors (Lipinski definition) is 5. The number of nitrogens with one attached hydrogen (secondary N) is 1. The largest absolute Gasteiger partial charge is 0.370 e. The third kappa shape index (κ3) is 4.06. The first kappa shape index (κ1) is 22.7. The molecule has 1 aliphatic carbocycles. The molecular weight excluding hydrogens is 477 g/mol. The van der Waals surface area contributed by atoms with E-state index in [1.165, 1.54) is 18.6 Å². The second-order valence-corrected chi connectivity index (χ2v) is 11.2. The normalized spacial score (nSPS) is 25.2. The van der Waals surface area contributed by atoms with E-state index in [9.17, 15) is 17.2 Å². The Hall–Kier alpha value is -2.04. The molecule has 6 nitrogen and oxygen atoms in total. The molecule has 5 rings (SSSR count). The van der Waals surface area contributed by atoms with Crippen LogP contribution in [0.3, 0.4) is 0 Å². The second-order valence-electron chi connectivity index (χ2n) is 9.21. The number of benzene rings is 1. The fraction of sp³-hybridized carbons (Fsp3) is 0.500. The summed E-state index contributed by atoms with van der Waals surface area (Å²) in [5.74, 6) is -3.41. The maximum Gasteiger partial charge on any atom is 0.268 e. The number of sulfonamides is 1. The fourth-order valence-electron chi connectivity index (χ4n) is 5.25. The number of pyridine rings is 1. The van der Waals surface area contributed by atoms with E-state index in [1.54, 1.807) is 0 Å². The van der Waals surface area contributed by atoms with Crippen molar-refractivity contribution in [2.75, 3.05) is 42.3 Å². The molecular formula is C22H24ClF3N4O2S. The van der Waals surface area contributed by atoms with Gasteiger partial charge in [-0.15, -0.1) is 0 Å². The maximum atomic E-state index is 15.1. The van der Waals surface area contributed by atoms with Crippen molar-refractivity contribution in [2.24, 2.45) is 11.3 Å². The lowest BCUT2D eigenvalue weighted by Gasteiger charge is -2.50. The second kappa shape index (κ2) is 8.32. The first-order valence-electron chi connectivity index (χ1n) is 11.0. The van der Waals surface area contributed by atoms with Crippen LogP contribution in [0, 0.1) is 28.9 Å². The van der Waals surface area contributed by atoms with E-state index in [-0.39, 0.29) is 11.1 Å². The van der Waals surface area contributed by atoms with E-state index in [0.717, 1.165) is 51.0 Å². The monoisotopic (exact) mass is 500 g/mol. The Morgan fingerprint density at radius 1 is 1.18 bits per heavy atom. The van der Waals surface area contributed by atoms with Gasteiger partial charge < -0.3 is 9.80 Å². The van der Waals surface area contributed by atoms with Crippen molar-refractivity contribution in [2.45, 2.75) is 30.6 Å². The summed E-state index contributed by atoms with van der Waals surface area (Å²) in [6.07, 6.45) is 4.37. The zero-order chi connectivity index (χ0) is 23.4. The number of hydrogen-bond donors (Lipinski definition) is 1. The van der Waals surface area contributed by atoms with E-state index in [4.69, 9.17) is 11.6 Å². The van der Waals surface area contributed by atoms with Crippen LogP contribution >= 0.6 is 11.6 Å². The summed E-state index contributed by atoms with van der Waals surface area (Å²) in [6, 6.07) is 4.39. The molecule has 1 aromatic carbocycles. The average Bonchev–Trinajstić information content (AvgIpc) is 3.16. The Balaban J connectivity index is 1.38. The average molecular weight is 501 g/mol. The highest BCUT2D eigenvalue weighted by molar-refractivity contribution is 7.92. The zero-order valence-corrected chi connectivity index (χ0v) is 19.4. The summed E-state index contributed by atoms with van der Waals surface area (Å²) >= 11 is 6.23. The van der Waals surface area contributed by atoms with Gasteiger partial charge in [-0.3, -0.25) is 4.72 Å². The first-order valence-corrected chi connectivity index (χ1v) is 12.8. The molecule has 11 heteroatoms. The quantitative estimate of drug-likeness (QED) is 0.474. The number of rotatable bonds is 6. The number of likely N-dealkylation sites (tertiary alicyclic amines) is 1. The van der Waals surface area contributed by atoms with Gasteiger partial charge in [0.1, 0.15) is 16.7 Å². The molecule has 2 saturated heterocycles. The van der Waals surface area contributed by atoms with Crippen molar-refractivity contribution < 1.29 is 21.6 Å². The van der Waals surface area contributed by atoms with Crippen LogP contribution in [0.15, 0.2) is 29.2 Å². The van der Waals surface area contributed by atoms with Gasteiger partial charge in [0.05, 0.1) is 5.69 Å². The van der Waals surface area contributed by atoms with Gasteiger partial charge >= 0.3 is 0 Å². The third-order valence-corrected chi connectivity index (χ3v) is 9.08. The summed E-state index contributed by atoms with van der Waals surface area (Å²) in [6.45, 7) is 4.57. The Bertz CT molecular complexity index is 1190. The number of nitrogens with zero attached hydrogens (tertiary/aromatic N) is 3. The summed E-state index contributed by atoms with van der Waals surface area (Å²) in [5.41, 5.74) is 0.266. The summed E-state index contributed by atoms with van der Waals surface area (Å²) in [7, 11) is -4.73. The molecule has 0 unspecified atom stereocenters. The van der Waals surface area contributed by atoms with Gasteiger partial charge in [-0.05, 0) is 62.2 Å². The molecule has 0 amide bonds. The number of halogens is 4. The number of aromatic nitrogens is 1. The van der Waals surface area contributed by atoms with Gasteiger partial charge in [-0.1, -0.05) is 17.7 Å². The fourth-order valence-corrected chi connectivity index (χ4v) is 6.72. The van der Waals surface area contributed by atoms with Crippen molar-refractivity contribution in [3.63, 3.8) is 0 Å². The summed E-state index contributed by atoms with van der Waals surface area (Å²) in [5, 5.41) is -0.445. The van der Waals surface area contributed by atoms with Crippen LogP contribution in [-0.4, -0.2) is 51.0 Å². The Morgan fingerprint density at radius 3 is 2.61 bits per heavy atom. The van der Waals surface area contributed by atoms with Crippen LogP contribution in [0.1, 0.15) is 25.7 Å². The Labute approximate surface area is 195 Å². The summed E-state index contributed by atoms with van der Waals surface area (Å²) < 4.78 is 70.6. The van der Waals surface area contributed by atoms with Crippen LogP contribution in [0.5, 0.6) is 0 Å². The van der Waals surface area contributed by atoms with E-state index in [2.05, 4.69) is 9.88 Å². The highest BCUT2D eigenvalue weighted by Gasteiger charge is 2.51. The van der Waals surface area contributed by atoms with Crippen molar-refractivity contribution in [3.8, 4) is 0 Å². The van der Waals surface area contributed by atoms with E-state index in [1.807, 2.05) is 9.62 Å². The van der Waals surface area contributed by atoms with Crippen molar-refractivity contribution in [3.05, 3.63) is 46.9 Å². The van der Waals surface area contributed by atoms with E-state index >= 15 is 4.39 Å². The minimum atomic E-state index is -4.73. The topological polar surface area (TPSA) is 65.5 Å². The molecule has 1 aromatic heterocycles. The predicted molar refractivity (Wildman–Crippen MR) is 119 cm³/mol. The molecule has 3 aliphatic rings. The molecule has 1 N–H and O–H groups in total. The SMILES string of the molecule is O=S(=O)(Nc1cccc(F)n1)c1c(F)cc(N2CC[C@@]3(CC[C@@H]3CN3CCC3)C2)c(Cl)c1F. The van der Waals surface area contributed by atoms with E-state index < -0.39 is 43.3 Å². The van der Waals surface area contributed by atoms with Crippen LogP contribution in [0.25, 0.3) is 0 Å². The molecule has 1 saturated carbocycles. The standard InChI is InChI=1S/C22H24ClF3N4O2S/c23-19-16(30-10-7-22(13-30)6-5-14(22)12-29-8-2-9-29)11-15(24)21(20(19)26)33(31,32)28-18-4-1-3-17(25)27-18/h1,3-4,11,14H,2,5-10,12-13H2,(H,27,28)/t14-,22+/m1/s1. The lowest BCUT2D eigenvalue weighted by molar-refractivity contribution is 0.00573. The molecule has 1 spiro atoms. The van der Waals surface area contributed by atoms with Gasteiger partial charge in [-0.25, -0.2) is 22.2 Å². The highest BCUT2D eigenvalue weighted by atomic mass is 35.5. The predicted octanol–water partition coefficient (Wildman–Crippen LogP) is 4.27. The van der Waals surface area contributed by atoms with Gasteiger partial charge in [-0.2, -0.15) is 4.39 Å². The lowest BCUT2D eigenvalue weighted by atomic mass is 9.59. The molecule has 3 heterocycles. The van der Waals surface area contributed by atoms with Gasteiger partial charge in [0.2, 0.25) is 5.95 Å². The minimum Gasteiger partial charge on any atom is -0.370 e. The van der Waals surface area contributed by atoms with Gasteiger partial charge in [0.25, 0.3) is 10.0 Å². The minimum absolute atomic E-state index is 0.112.